The maximum atomic E-state index is 12.3. The molecule has 2 aromatic rings. The minimum Gasteiger partial charge on any atom is -0.481 e. The van der Waals surface area contributed by atoms with E-state index in [0.29, 0.717) is 10.6 Å². The molecule has 0 saturated carbocycles. The average Bonchev–Trinajstić information content (AvgIpc) is 2.54. The van der Waals surface area contributed by atoms with Crippen molar-refractivity contribution in [2.75, 3.05) is 0 Å². The van der Waals surface area contributed by atoms with Crippen LogP contribution in [0.1, 0.15) is 28.4 Å². The molecule has 1 unspecified atom stereocenters. The van der Waals surface area contributed by atoms with E-state index in [0.717, 1.165) is 0 Å². The molecule has 0 heterocycles. The van der Waals surface area contributed by atoms with Crippen LogP contribution in [0.25, 0.3) is 0 Å². The first-order chi connectivity index (χ1) is 11.8. The Hall–Kier alpha value is -2.71. The van der Waals surface area contributed by atoms with Crippen molar-refractivity contribution < 1.29 is 23.1 Å². The lowest BCUT2D eigenvalue weighted by molar-refractivity contribution is -0.137. The van der Waals surface area contributed by atoms with Crippen LogP contribution in [0.2, 0.25) is 5.02 Å². The van der Waals surface area contributed by atoms with Crippen molar-refractivity contribution in [1.82, 2.24) is 5.32 Å². The summed E-state index contributed by atoms with van der Waals surface area (Å²) < 4.78 is 24.3. The third kappa shape index (κ3) is 5.70. The molecule has 7 nitrogen and oxygen atoms in total. The Balaban J connectivity index is 2.20. The largest absolute Gasteiger partial charge is 0.481 e. The molecule has 9 heteroatoms. The number of amides is 1. The molecular formula is C16H13ClN2O5S. The molecule has 0 aliphatic heterocycles. The number of carboxylic acids is 1. The van der Waals surface area contributed by atoms with E-state index in [1.54, 1.807) is 24.3 Å². The minimum atomic E-state index is -2.58. The zero-order valence-electron chi connectivity index (χ0n) is 12.7. The Bertz CT molecular complexity index is 901. The van der Waals surface area contributed by atoms with E-state index in [9.17, 15) is 18.0 Å². The van der Waals surface area contributed by atoms with E-state index in [-0.39, 0.29) is 17.7 Å². The number of nitrogens with one attached hydrogen (secondary N) is 1. The molecule has 25 heavy (non-hydrogen) atoms. The van der Waals surface area contributed by atoms with Crippen molar-refractivity contribution in [2.45, 2.75) is 12.5 Å². The standard InChI is InChI=1S/C16H13ClN2O5S/c17-12-5-1-10(2-6-12)14(9-15(20)21)18-16(22)11-3-7-13(8-4-11)19-25(23)24/h1-8,14H,9H2,(H,18,22)(H,20,21). The first-order valence-corrected chi connectivity index (χ1v) is 8.45. The van der Waals surface area contributed by atoms with Gasteiger partial charge in [0.15, 0.2) is 0 Å². The zero-order chi connectivity index (χ0) is 18.4. The topological polar surface area (TPSA) is 113 Å². The van der Waals surface area contributed by atoms with Gasteiger partial charge < -0.3 is 10.4 Å². The molecule has 1 amide bonds. The number of hydrogen-bond donors (Lipinski definition) is 2. The molecule has 0 aromatic heterocycles. The van der Waals surface area contributed by atoms with Crippen LogP contribution in [-0.2, 0) is 15.3 Å². The van der Waals surface area contributed by atoms with Crippen LogP contribution in [0.4, 0.5) is 5.69 Å². The number of carbonyl (C=O) groups is 2. The van der Waals surface area contributed by atoms with Crippen molar-refractivity contribution >= 4 is 39.7 Å². The van der Waals surface area contributed by atoms with Crippen LogP contribution >= 0.6 is 11.6 Å². The predicted octanol–water partition coefficient (Wildman–Crippen LogP) is 2.98. The van der Waals surface area contributed by atoms with Crippen molar-refractivity contribution in [3.05, 3.63) is 64.7 Å². The van der Waals surface area contributed by atoms with Gasteiger partial charge in [-0.05, 0) is 42.0 Å². The van der Waals surface area contributed by atoms with E-state index in [1.807, 2.05) is 0 Å². The summed E-state index contributed by atoms with van der Waals surface area (Å²) in [5.41, 5.74) is 1.04. The first kappa shape index (κ1) is 18.6. The van der Waals surface area contributed by atoms with E-state index < -0.39 is 28.4 Å². The average molecular weight is 381 g/mol. The third-order valence-electron chi connectivity index (χ3n) is 3.27. The maximum absolute atomic E-state index is 12.3. The van der Waals surface area contributed by atoms with Gasteiger partial charge in [-0.2, -0.15) is 8.42 Å². The Morgan fingerprint density at radius 3 is 2.20 bits per heavy atom. The maximum Gasteiger partial charge on any atom is 0.316 e. The number of rotatable bonds is 6. The quantitative estimate of drug-likeness (QED) is 0.799. The van der Waals surface area contributed by atoms with Gasteiger partial charge >= 0.3 is 16.5 Å². The van der Waals surface area contributed by atoms with E-state index in [1.165, 1.54) is 24.3 Å². The van der Waals surface area contributed by atoms with Crippen LogP contribution in [0, 0.1) is 0 Å². The Morgan fingerprint density at radius 2 is 1.68 bits per heavy atom. The zero-order valence-corrected chi connectivity index (χ0v) is 14.3. The van der Waals surface area contributed by atoms with Crippen LogP contribution in [0.5, 0.6) is 0 Å². The van der Waals surface area contributed by atoms with Gasteiger partial charge in [0.25, 0.3) is 5.91 Å². The monoisotopic (exact) mass is 380 g/mol. The van der Waals surface area contributed by atoms with Gasteiger partial charge in [0, 0.05) is 10.6 Å². The van der Waals surface area contributed by atoms with Gasteiger partial charge in [0.2, 0.25) is 0 Å². The van der Waals surface area contributed by atoms with Gasteiger partial charge in [-0.25, -0.2) is 0 Å². The summed E-state index contributed by atoms with van der Waals surface area (Å²) >= 11 is 5.82. The number of aliphatic carboxylic acids is 1. The number of hydrogen-bond acceptors (Lipinski definition) is 5. The molecule has 0 radical (unpaired) electrons. The van der Waals surface area contributed by atoms with E-state index in [4.69, 9.17) is 16.7 Å². The summed E-state index contributed by atoms with van der Waals surface area (Å²) in [5, 5.41) is 12.2. The second-order valence-corrected chi connectivity index (χ2v) is 6.08. The molecule has 0 bridgehead atoms. The second-order valence-electron chi connectivity index (χ2n) is 5.03. The van der Waals surface area contributed by atoms with Gasteiger partial charge in [0.05, 0.1) is 18.2 Å². The highest BCUT2D eigenvalue weighted by Gasteiger charge is 2.19. The summed E-state index contributed by atoms with van der Waals surface area (Å²) in [4.78, 5) is 23.4. The van der Waals surface area contributed by atoms with Crippen molar-refractivity contribution in [1.29, 1.82) is 0 Å². The highest BCUT2D eigenvalue weighted by atomic mass is 35.5. The van der Waals surface area contributed by atoms with Crippen molar-refractivity contribution in [3.8, 4) is 0 Å². The molecule has 0 fully saturated rings. The summed E-state index contributed by atoms with van der Waals surface area (Å²) in [7, 11) is -2.58. The molecule has 0 spiro atoms. The smallest absolute Gasteiger partial charge is 0.316 e. The molecule has 0 aliphatic carbocycles. The lowest BCUT2D eigenvalue weighted by Crippen LogP contribution is -2.30. The highest BCUT2D eigenvalue weighted by molar-refractivity contribution is 7.61. The molecule has 0 aliphatic rings. The van der Waals surface area contributed by atoms with Gasteiger partial charge in [-0.15, -0.1) is 4.36 Å². The Morgan fingerprint density at radius 1 is 1.08 bits per heavy atom. The number of nitrogens with zero attached hydrogens (tertiary/aromatic N) is 1. The summed E-state index contributed by atoms with van der Waals surface area (Å²) in [6.07, 6.45) is -0.296. The fraction of sp³-hybridized carbons (Fsp3) is 0.125. The van der Waals surface area contributed by atoms with Crippen LogP contribution in [0.3, 0.4) is 0 Å². The summed E-state index contributed by atoms with van der Waals surface area (Å²) in [5.74, 6) is -1.55. The molecule has 1 atom stereocenters. The SMILES string of the molecule is O=C(O)CC(NC(=O)c1ccc(N=S(=O)=O)cc1)c1ccc(Cl)cc1. The molecule has 0 saturated heterocycles. The third-order valence-corrected chi connectivity index (χ3v) is 3.88. The fourth-order valence-electron chi connectivity index (χ4n) is 2.12. The van der Waals surface area contributed by atoms with Crippen LogP contribution < -0.4 is 5.32 Å². The van der Waals surface area contributed by atoms with E-state index >= 15 is 0 Å². The molecule has 130 valence electrons. The lowest BCUT2D eigenvalue weighted by Gasteiger charge is -2.17. The Kier molecular flexibility index (Phi) is 6.26. The van der Waals surface area contributed by atoms with Crippen molar-refractivity contribution in [3.63, 3.8) is 0 Å². The highest BCUT2D eigenvalue weighted by Crippen LogP contribution is 2.21. The van der Waals surface area contributed by atoms with Crippen LogP contribution in [0.15, 0.2) is 52.9 Å². The minimum absolute atomic E-state index is 0.185. The summed E-state index contributed by atoms with van der Waals surface area (Å²) in [6.45, 7) is 0. The number of benzene rings is 2. The van der Waals surface area contributed by atoms with Gasteiger partial charge in [-0.3, -0.25) is 9.59 Å². The van der Waals surface area contributed by atoms with Gasteiger partial charge in [-0.1, -0.05) is 23.7 Å². The second kappa shape index (κ2) is 8.41. The van der Waals surface area contributed by atoms with E-state index in [2.05, 4.69) is 9.68 Å². The number of carbonyl (C=O) groups excluding carboxylic acids is 1. The molecule has 2 rings (SSSR count). The fourth-order valence-corrected chi connectivity index (χ4v) is 2.54. The first-order valence-electron chi connectivity index (χ1n) is 7.04. The van der Waals surface area contributed by atoms with Crippen molar-refractivity contribution in [2.24, 2.45) is 4.36 Å². The van der Waals surface area contributed by atoms with Crippen LogP contribution in [-0.4, -0.2) is 25.4 Å². The number of carboxylic acid groups (broad SMARTS) is 1. The molecular weight excluding hydrogens is 368 g/mol. The Labute approximate surface area is 150 Å². The molecule has 2 N–H and O–H groups in total. The lowest BCUT2D eigenvalue weighted by atomic mass is 10.0. The normalized spacial score (nSPS) is 11.4. The number of halogens is 1. The predicted molar refractivity (Wildman–Crippen MR) is 91.4 cm³/mol. The summed E-state index contributed by atoms with van der Waals surface area (Å²) in [6, 6.07) is 11.3. The molecule has 2 aromatic carbocycles. The van der Waals surface area contributed by atoms with Gasteiger partial charge in [0.1, 0.15) is 0 Å².